The second kappa shape index (κ2) is 5.64. The zero-order chi connectivity index (χ0) is 14.0. The number of hydrogen-bond acceptors (Lipinski definition) is 2. The Labute approximate surface area is 118 Å². The van der Waals surface area contributed by atoms with E-state index in [2.05, 4.69) is 32.0 Å². The van der Waals surface area contributed by atoms with E-state index in [9.17, 15) is 5.26 Å². The number of ether oxygens (including phenoxy) is 1. The zero-order valence-corrected chi connectivity index (χ0v) is 12.2. The first-order valence-corrected chi connectivity index (χ1v) is 6.68. The second-order valence-electron chi connectivity index (χ2n) is 4.85. The average Bonchev–Trinajstić information content (AvgIpc) is 2.66. The first-order valence-electron chi connectivity index (χ1n) is 6.30. The van der Waals surface area contributed by atoms with Crippen molar-refractivity contribution in [3.05, 3.63) is 34.5 Å². The third kappa shape index (κ3) is 2.47. The molecule has 0 atom stereocenters. The summed E-state index contributed by atoms with van der Waals surface area (Å²) in [6.07, 6.45) is 0. The van der Waals surface area contributed by atoms with Crippen LogP contribution in [0.4, 0.5) is 0 Å². The number of rotatable bonds is 4. The molecule has 0 fully saturated rings. The normalized spacial score (nSPS) is 11.2. The topological polar surface area (TPSA) is 38.0 Å². The summed E-state index contributed by atoms with van der Waals surface area (Å²) >= 11 is 6.30. The van der Waals surface area contributed by atoms with Gasteiger partial charge in [0.1, 0.15) is 11.2 Å². The van der Waals surface area contributed by atoms with E-state index in [-0.39, 0.29) is 0 Å². The minimum atomic E-state index is 0.428. The first kappa shape index (κ1) is 13.9. The minimum absolute atomic E-state index is 0.428. The van der Waals surface area contributed by atoms with Crippen molar-refractivity contribution < 1.29 is 4.74 Å². The number of nitriles is 1. The molecule has 0 bridgehead atoms. The van der Waals surface area contributed by atoms with Crippen LogP contribution in [-0.4, -0.2) is 18.3 Å². The Bertz CT molecular complexity index is 638. The lowest BCUT2D eigenvalue weighted by Crippen LogP contribution is -2.04. The Balaban J connectivity index is 2.65. The average molecular weight is 277 g/mol. The van der Waals surface area contributed by atoms with Crippen LogP contribution in [0.15, 0.2) is 18.2 Å². The lowest BCUT2D eigenvalue weighted by molar-refractivity contribution is 0.188. The summed E-state index contributed by atoms with van der Waals surface area (Å²) in [6.45, 7) is 5.49. The van der Waals surface area contributed by atoms with Crippen LogP contribution in [0.5, 0.6) is 0 Å². The maximum Gasteiger partial charge on any atom is 0.128 e. The van der Waals surface area contributed by atoms with Crippen molar-refractivity contribution in [1.82, 2.24) is 4.57 Å². The molecule has 0 saturated heterocycles. The number of benzene rings is 1. The number of nitrogens with zero attached hydrogens (tertiary/aromatic N) is 2. The molecule has 1 aromatic carbocycles. The summed E-state index contributed by atoms with van der Waals surface area (Å²) in [4.78, 5) is 0. The summed E-state index contributed by atoms with van der Waals surface area (Å²) in [5.74, 6) is 0.428. The van der Waals surface area contributed by atoms with Gasteiger partial charge in [-0.05, 0) is 23.6 Å². The van der Waals surface area contributed by atoms with E-state index < -0.39 is 0 Å². The molecule has 3 nitrogen and oxygen atoms in total. The summed E-state index contributed by atoms with van der Waals surface area (Å²) in [5.41, 5.74) is 2.75. The van der Waals surface area contributed by atoms with Crippen molar-refractivity contribution in [3.63, 3.8) is 0 Å². The Morgan fingerprint density at radius 2 is 2.16 bits per heavy atom. The van der Waals surface area contributed by atoms with Gasteiger partial charge in [0.25, 0.3) is 0 Å². The van der Waals surface area contributed by atoms with E-state index in [1.54, 1.807) is 7.11 Å². The van der Waals surface area contributed by atoms with Gasteiger partial charge in [0.05, 0.1) is 17.7 Å². The van der Waals surface area contributed by atoms with Crippen LogP contribution in [0.25, 0.3) is 10.9 Å². The molecule has 0 spiro atoms. The molecule has 19 heavy (non-hydrogen) atoms. The molecule has 0 aliphatic rings. The molecule has 0 N–H and O–H groups in total. The van der Waals surface area contributed by atoms with E-state index in [4.69, 9.17) is 16.3 Å². The number of halogens is 1. The van der Waals surface area contributed by atoms with E-state index in [1.807, 2.05) is 10.6 Å². The maximum atomic E-state index is 9.31. The molecule has 4 heteroatoms. The molecule has 0 saturated carbocycles. The summed E-state index contributed by atoms with van der Waals surface area (Å²) in [7, 11) is 1.65. The van der Waals surface area contributed by atoms with Gasteiger partial charge in [0.15, 0.2) is 0 Å². The van der Waals surface area contributed by atoms with Crippen LogP contribution < -0.4 is 0 Å². The van der Waals surface area contributed by atoms with Gasteiger partial charge < -0.3 is 9.30 Å². The van der Waals surface area contributed by atoms with Gasteiger partial charge in [-0.3, -0.25) is 0 Å². The number of hydrogen-bond donors (Lipinski definition) is 0. The predicted octanol–water partition coefficient (Wildman–Crippen LogP) is 3.94. The first-order chi connectivity index (χ1) is 9.10. The Hall–Kier alpha value is -1.50. The van der Waals surface area contributed by atoms with Gasteiger partial charge in [0, 0.05) is 19.0 Å². The lowest BCUT2D eigenvalue weighted by atomic mass is 10.0. The molecular weight excluding hydrogens is 260 g/mol. The molecule has 0 unspecified atom stereocenters. The largest absolute Gasteiger partial charge is 0.383 e. The van der Waals surface area contributed by atoms with Crippen LogP contribution in [0.2, 0.25) is 5.15 Å². The van der Waals surface area contributed by atoms with E-state index in [0.717, 1.165) is 10.9 Å². The van der Waals surface area contributed by atoms with E-state index >= 15 is 0 Å². The molecule has 100 valence electrons. The third-order valence-electron chi connectivity index (χ3n) is 3.32. The fourth-order valence-corrected chi connectivity index (χ4v) is 2.53. The SMILES string of the molecule is COCCn1c(Cl)c(C#N)c2cc(C(C)C)ccc21. The van der Waals surface area contributed by atoms with Crippen molar-refractivity contribution in [2.75, 3.05) is 13.7 Å². The van der Waals surface area contributed by atoms with Crippen LogP contribution in [0, 0.1) is 11.3 Å². The maximum absolute atomic E-state index is 9.31. The smallest absolute Gasteiger partial charge is 0.128 e. The fraction of sp³-hybridized carbons (Fsp3) is 0.400. The van der Waals surface area contributed by atoms with Gasteiger partial charge in [-0.15, -0.1) is 0 Å². The van der Waals surface area contributed by atoms with Crippen molar-refractivity contribution in [2.45, 2.75) is 26.3 Å². The fourth-order valence-electron chi connectivity index (χ4n) is 2.21. The van der Waals surface area contributed by atoms with Gasteiger partial charge >= 0.3 is 0 Å². The summed E-state index contributed by atoms with van der Waals surface area (Å²) in [6, 6.07) is 8.40. The lowest BCUT2D eigenvalue weighted by Gasteiger charge is -2.08. The Morgan fingerprint density at radius 3 is 2.74 bits per heavy atom. The second-order valence-corrected chi connectivity index (χ2v) is 5.21. The highest BCUT2D eigenvalue weighted by molar-refractivity contribution is 6.32. The highest BCUT2D eigenvalue weighted by Crippen LogP contribution is 2.31. The molecule has 1 heterocycles. The monoisotopic (exact) mass is 276 g/mol. The van der Waals surface area contributed by atoms with Crippen molar-refractivity contribution >= 4 is 22.5 Å². The zero-order valence-electron chi connectivity index (χ0n) is 11.4. The number of fused-ring (bicyclic) bond motifs is 1. The highest BCUT2D eigenvalue weighted by atomic mass is 35.5. The molecule has 2 aromatic rings. The summed E-state index contributed by atoms with van der Waals surface area (Å²) in [5, 5.41) is 10.7. The van der Waals surface area contributed by atoms with Crippen molar-refractivity contribution in [3.8, 4) is 6.07 Å². The molecular formula is C15H17ClN2O. The van der Waals surface area contributed by atoms with E-state index in [0.29, 0.717) is 29.8 Å². The van der Waals surface area contributed by atoms with Gasteiger partial charge in [-0.2, -0.15) is 5.26 Å². The molecule has 0 aliphatic heterocycles. The predicted molar refractivity (Wildman–Crippen MR) is 77.6 cm³/mol. The standard InChI is InChI=1S/C15H17ClN2O/c1-10(2)11-4-5-14-12(8-11)13(9-17)15(16)18(14)6-7-19-3/h4-5,8,10H,6-7H2,1-3H3. The van der Waals surface area contributed by atoms with E-state index in [1.165, 1.54) is 5.56 Å². The molecule has 0 radical (unpaired) electrons. The van der Waals surface area contributed by atoms with Crippen LogP contribution in [-0.2, 0) is 11.3 Å². The van der Waals surface area contributed by atoms with Crippen LogP contribution >= 0.6 is 11.6 Å². The number of methoxy groups -OCH3 is 1. The van der Waals surface area contributed by atoms with Gasteiger partial charge in [-0.25, -0.2) is 0 Å². The molecule has 1 aromatic heterocycles. The molecule has 2 rings (SSSR count). The Kier molecular flexibility index (Phi) is 4.14. The van der Waals surface area contributed by atoms with Crippen LogP contribution in [0.1, 0.15) is 30.9 Å². The van der Waals surface area contributed by atoms with Gasteiger partial charge in [-0.1, -0.05) is 31.5 Å². The molecule has 0 amide bonds. The Morgan fingerprint density at radius 1 is 1.42 bits per heavy atom. The third-order valence-corrected chi connectivity index (χ3v) is 3.71. The van der Waals surface area contributed by atoms with Crippen LogP contribution in [0.3, 0.4) is 0 Å². The van der Waals surface area contributed by atoms with Gasteiger partial charge in [0.2, 0.25) is 0 Å². The molecule has 0 aliphatic carbocycles. The quantitative estimate of drug-likeness (QED) is 0.848. The van der Waals surface area contributed by atoms with Crippen molar-refractivity contribution in [1.29, 1.82) is 5.26 Å². The summed E-state index contributed by atoms with van der Waals surface area (Å²) < 4.78 is 7.03. The van der Waals surface area contributed by atoms with Crippen molar-refractivity contribution in [2.24, 2.45) is 0 Å². The minimum Gasteiger partial charge on any atom is -0.383 e. The number of aromatic nitrogens is 1. The highest BCUT2D eigenvalue weighted by Gasteiger charge is 2.16.